The highest BCUT2D eigenvalue weighted by atomic mass is 16.3. The second-order valence-electron chi connectivity index (χ2n) is 10.9. The molecule has 0 atom stereocenters. The molecule has 0 radical (unpaired) electrons. The van der Waals surface area contributed by atoms with Crippen LogP contribution in [-0.4, -0.2) is 0 Å². The molecule has 0 aliphatic rings. The van der Waals surface area contributed by atoms with E-state index < -0.39 is 0 Å². The molecule has 2 nitrogen and oxygen atoms in total. The summed E-state index contributed by atoms with van der Waals surface area (Å²) in [5, 5.41) is 12.1. The van der Waals surface area contributed by atoms with Crippen molar-refractivity contribution < 1.29 is 4.42 Å². The molecule has 9 aromatic rings. The van der Waals surface area contributed by atoms with Crippen LogP contribution in [-0.2, 0) is 0 Å². The first-order chi connectivity index (χ1) is 20.8. The number of benzene rings is 8. The van der Waals surface area contributed by atoms with Crippen molar-refractivity contribution >= 4 is 82.1 Å². The monoisotopic (exact) mass is 535 g/mol. The van der Waals surface area contributed by atoms with E-state index in [1.54, 1.807) is 0 Å². The summed E-state index contributed by atoms with van der Waals surface area (Å²) in [6.45, 7) is 0. The Labute approximate surface area is 242 Å². The van der Waals surface area contributed by atoms with Crippen molar-refractivity contribution in [3.63, 3.8) is 0 Å². The summed E-state index contributed by atoms with van der Waals surface area (Å²) in [5.41, 5.74) is 5.01. The molecule has 0 bridgehead atoms. The maximum atomic E-state index is 6.74. The van der Waals surface area contributed by atoms with Gasteiger partial charge in [0.25, 0.3) is 0 Å². The molecule has 1 aromatic heterocycles. The Morgan fingerprint density at radius 2 is 0.976 bits per heavy atom. The van der Waals surface area contributed by atoms with E-state index in [0.29, 0.717) is 0 Å². The zero-order valence-corrected chi connectivity index (χ0v) is 22.8. The molecule has 0 saturated heterocycles. The summed E-state index contributed by atoms with van der Waals surface area (Å²) in [4.78, 5) is 2.37. The van der Waals surface area contributed by atoms with Gasteiger partial charge in [-0.1, -0.05) is 115 Å². The van der Waals surface area contributed by atoms with Crippen molar-refractivity contribution in [3.8, 4) is 0 Å². The van der Waals surface area contributed by atoms with Crippen molar-refractivity contribution in [1.82, 2.24) is 0 Å². The highest BCUT2D eigenvalue weighted by Gasteiger charge is 2.22. The SMILES string of the molecule is c1ccc(N(c2cccc3c2oc2cc4ccccc4cc23)c2cccc3ccc4ccc5ccccc5c4c23)cc1. The normalized spacial score (nSPS) is 11.8. The molecule has 0 spiro atoms. The van der Waals surface area contributed by atoms with Gasteiger partial charge in [-0.2, -0.15) is 0 Å². The third-order valence-electron chi connectivity index (χ3n) is 8.57. The lowest BCUT2D eigenvalue weighted by molar-refractivity contribution is 0.669. The number of para-hydroxylation sites is 2. The Kier molecular flexibility index (Phi) is 4.93. The molecule has 0 unspecified atom stereocenters. The lowest BCUT2D eigenvalue weighted by atomic mass is 9.94. The number of nitrogens with zero attached hydrogens (tertiary/aromatic N) is 1. The molecule has 0 aliphatic carbocycles. The highest BCUT2D eigenvalue weighted by molar-refractivity contribution is 6.25. The second kappa shape index (κ2) is 8.95. The summed E-state index contributed by atoms with van der Waals surface area (Å²) in [5.74, 6) is 0. The van der Waals surface area contributed by atoms with Crippen LogP contribution >= 0.6 is 0 Å². The molecule has 0 fully saturated rings. The van der Waals surface area contributed by atoms with Gasteiger partial charge in [0, 0.05) is 21.8 Å². The van der Waals surface area contributed by atoms with Gasteiger partial charge < -0.3 is 9.32 Å². The minimum atomic E-state index is 0.883. The lowest BCUT2D eigenvalue weighted by Gasteiger charge is -2.27. The first kappa shape index (κ1) is 23.1. The Hall–Kier alpha value is -5.60. The topological polar surface area (TPSA) is 16.4 Å². The number of fused-ring (bicyclic) bond motifs is 9. The van der Waals surface area contributed by atoms with E-state index in [9.17, 15) is 0 Å². The fourth-order valence-corrected chi connectivity index (χ4v) is 6.67. The molecule has 0 N–H and O–H groups in total. The number of hydrogen-bond donors (Lipinski definition) is 0. The predicted molar refractivity (Wildman–Crippen MR) is 178 cm³/mol. The maximum absolute atomic E-state index is 6.74. The van der Waals surface area contributed by atoms with E-state index in [1.807, 2.05) is 0 Å². The van der Waals surface area contributed by atoms with Gasteiger partial charge in [-0.25, -0.2) is 0 Å². The summed E-state index contributed by atoms with van der Waals surface area (Å²) in [6.07, 6.45) is 0. The molecule has 0 saturated carbocycles. The number of hydrogen-bond acceptors (Lipinski definition) is 2. The van der Waals surface area contributed by atoms with Crippen LogP contribution in [0.2, 0.25) is 0 Å². The van der Waals surface area contributed by atoms with E-state index in [-0.39, 0.29) is 0 Å². The van der Waals surface area contributed by atoms with Gasteiger partial charge >= 0.3 is 0 Å². The van der Waals surface area contributed by atoms with E-state index in [2.05, 4.69) is 157 Å². The van der Waals surface area contributed by atoms with Crippen LogP contribution in [0.3, 0.4) is 0 Å². The van der Waals surface area contributed by atoms with Crippen molar-refractivity contribution in [2.24, 2.45) is 0 Å². The van der Waals surface area contributed by atoms with Crippen LogP contribution in [0.1, 0.15) is 0 Å². The molecule has 42 heavy (non-hydrogen) atoms. The lowest BCUT2D eigenvalue weighted by Crippen LogP contribution is -2.10. The molecular weight excluding hydrogens is 510 g/mol. The van der Waals surface area contributed by atoms with Crippen LogP contribution in [0.15, 0.2) is 156 Å². The van der Waals surface area contributed by atoms with E-state index in [0.717, 1.165) is 39.0 Å². The standard InChI is InChI=1S/C40H25NO/c1-2-14-31(15-3-1)41(36-19-9-17-33-34-24-29-11-4-5-12-30(29)25-37(34)42-40(33)36)35-18-8-13-27-22-23-28-21-20-26-10-6-7-16-32(26)38(28)39(27)35/h1-25H. The van der Waals surface area contributed by atoms with Gasteiger partial charge in [-0.15, -0.1) is 0 Å². The zero-order chi connectivity index (χ0) is 27.6. The highest BCUT2D eigenvalue weighted by Crippen LogP contribution is 2.46. The Morgan fingerprint density at radius 3 is 1.81 bits per heavy atom. The number of furan rings is 1. The van der Waals surface area contributed by atoms with Crippen molar-refractivity contribution in [2.45, 2.75) is 0 Å². The third kappa shape index (κ3) is 3.39. The number of anilines is 3. The minimum Gasteiger partial charge on any atom is -0.454 e. The Balaban J connectivity index is 1.42. The van der Waals surface area contributed by atoms with Gasteiger partial charge in [0.2, 0.25) is 0 Å². The summed E-state index contributed by atoms with van der Waals surface area (Å²) < 4.78 is 6.74. The smallest absolute Gasteiger partial charge is 0.159 e. The zero-order valence-electron chi connectivity index (χ0n) is 22.8. The first-order valence-corrected chi connectivity index (χ1v) is 14.4. The molecule has 196 valence electrons. The summed E-state index contributed by atoms with van der Waals surface area (Å²) in [7, 11) is 0. The molecule has 1 heterocycles. The predicted octanol–water partition coefficient (Wildman–Crippen LogP) is 11.7. The van der Waals surface area contributed by atoms with Crippen molar-refractivity contribution in [2.75, 3.05) is 4.90 Å². The molecular formula is C40H25NO. The molecule has 9 rings (SSSR count). The van der Waals surface area contributed by atoms with Gasteiger partial charge in [0.15, 0.2) is 5.58 Å². The van der Waals surface area contributed by atoms with E-state index in [4.69, 9.17) is 4.42 Å². The second-order valence-corrected chi connectivity index (χ2v) is 10.9. The Bertz CT molecular complexity index is 2470. The molecule has 8 aromatic carbocycles. The van der Waals surface area contributed by atoms with Gasteiger partial charge in [-0.3, -0.25) is 0 Å². The molecule has 2 heteroatoms. The maximum Gasteiger partial charge on any atom is 0.159 e. The van der Waals surface area contributed by atoms with E-state index in [1.165, 1.54) is 43.1 Å². The molecule has 0 aliphatic heterocycles. The van der Waals surface area contributed by atoms with Crippen LogP contribution in [0, 0.1) is 0 Å². The minimum absolute atomic E-state index is 0.883. The fourth-order valence-electron chi connectivity index (χ4n) is 6.67. The average Bonchev–Trinajstić information content (AvgIpc) is 3.42. The summed E-state index contributed by atoms with van der Waals surface area (Å²) in [6, 6.07) is 54.3. The quantitative estimate of drug-likeness (QED) is 0.209. The third-order valence-corrected chi connectivity index (χ3v) is 8.57. The van der Waals surface area contributed by atoms with Crippen molar-refractivity contribution in [3.05, 3.63) is 152 Å². The van der Waals surface area contributed by atoms with E-state index >= 15 is 0 Å². The van der Waals surface area contributed by atoms with Crippen LogP contribution in [0.4, 0.5) is 17.1 Å². The molecule has 0 amide bonds. The Morgan fingerprint density at radius 1 is 0.381 bits per heavy atom. The van der Waals surface area contributed by atoms with Gasteiger partial charge in [0.05, 0.1) is 11.4 Å². The van der Waals surface area contributed by atoms with Gasteiger partial charge in [-0.05, 0) is 74.1 Å². The van der Waals surface area contributed by atoms with Crippen molar-refractivity contribution in [1.29, 1.82) is 0 Å². The first-order valence-electron chi connectivity index (χ1n) is 14.4. The number of rotatable bonds is 3. The summed E-state index contributed by atoms with van der Waals surface area (Å²) >= 11 is 0. The largest absolute Gasteiger partial charge is 0.454 e. The van der Waals surface area contributed by atoms with Crippen LogP contribution in [0.5, 0.6) is 0 Å². The van der Waals surface area contributed by atoms with Gasteiger partial charge in [0.1, 0.15) is 5.58 Å². The fraction of sp³-hybridized carbons (Fsp3) is 0. The van der Waals surface area contributed by atoms with Crippen LogP contribution < -0.4 is 4.90 Å². The van der Waals surface area contributed by atoms with Crippen LogP contribution in [0.25, 0.3) is 65.0 Å². The average molecular weight is 536 g/mol.